The van der Waals surface area contributed by atoms with Crippen molar-refractivity contribution in [2.75, 3.05) is 17.4 Å². The Balaban J connectivity index is 1.81. The number of benzene rings is 4. The highest BCUT2D eigenvalue weighted by Crippen LogP contribution is 2.33. The number of hydrogen-bond donors (Lipinski definition) is 1. The Labute approximate surface area is 270 Å². The van der Waals surface area contributed by atoms with Gasteiger partial charge in [0.2, 0.25) is 11.8 Å². The molecule has 0 heterocycles. The smallest absolute Gasteiger partial charge is 0.264 e. The molecular weight excluding hydrogens is 673 g/mol. The van der Waals surface area contributed by atoms with Crippen molar-refractivity contribution in [3.05, 3.63) is 129 Å². The largest absolute Gasteiger partial charge is 0.355 e. The van der Waals surface area contributed by atoms with E-state index >= 15 is 0 Å². The van der Waals surface area contributed by atoms with Gasteiger partial charge in [0.1, 0.15) is 12.6 Å². The first-order valence-corrected chi connectivity index (χ1v) is 16.5. The van der Waals surface area contributed by atoms with Gasteiger partial charge in [0.25, 0.3) is 10.0 Å². The molecule has 2 amide bonds. The van der Waals surface area contributed by atoms with Crippen molar-refractivity contribution in [2.45, 2.75) is 30.8 Å². The van der Waals surface area contributed by atoms with Crippen LogP contribution in [0.1, 0.15) is 18.1 Å². The third-order valence-electron chi connectivity index (χ3n) is 6.68. The molecule has 43 heavy (non-hydrogen) atoms. The summed E-state index contributed by atoms with van der Waals surface area (Å²) in [7, 11) is -4.26. The maximum atomic E-state index is 14.4. The number of anilines is 1. The molecule has 0 spiro atoms. The SMILES string of the molecule is CCNC(=O)[C@@H](Cc1ccccc1)N(Cc1ccc(Br)cc1)C(=O)CN(c1ccc(Cl)cc1Cl)S(=O)(=O)c1ccccc1. The Kier molecular flexibility index (Phi) is 11.3. The van der Waals surface area contributed by atoms with Crippen LogP contribution >= 0.6 is 39.1 Å². The van der Waals surface area contributed by atoms with Crippen molar-refractivity contribution in [2.24, 2.45) is 0 Å². The van der Waals surface area contributed by atoms with E-state index in [4.69, 9.17) is 23.2 Å². The van der Waals surface area contributed by atoms with Crippen LogP contribution in [0, 0.1) is 0 Å². The molecule has 0 aromatic heterocycles. The van der Waals surface area contributed by atoms with Crippen LogP contribution in [-0.2, 0) is 32.6 Å². The maximum absolute atomic E-state index is 14.4. The zero-order valence-electron chi connectivity index (χ0n) is 23.3. The average Bonchev–Trinajstić information content (AvgIpc) is 3.00. The van der Waals surface area contributed by atoms with Gasteiger partial charge in [-0.3, -0.25) is 13.9 Å². The van der Waals surface area contributed by atoms with E-state index in [2.05, 4.69) is 21.2 Å². The molecule has 0 unspecified atom stereocenters. The molecule has 0 fully saturated rings. The van der Waals surface area contributed by atoms with Gasteiger partial charge in [0.05, 0.1) is 15.6 Å². The number of likely N-dealkylation sites (N-methyl/N-ethyl adjacent to an activating group) is 1. The zero-order chi connectivity index (χ0) is 31.0. The van der Waals surface area contributed by atoms with Gasteiger partial charge in [-0.05, 0) is 60.5 Å². The van der Waals surface area contributed by atoms with Gasteiger partial charge in [-0.15, -0.1) is 0 Å². The van der Waals surface area contributed by atoms with Crippen LogP contribution in [-0.4, -0.2) is 44.3 Å². The minimum absolute atomic E-state index is 0.0159. The fourth-order valence-electron chi connectivity index (χ4n) is 4.55. The van der Waals surface area contributed by atoms with Gasteiger partial charge in [-0.2, -0.15) is 0 Å². The molecular formula is C32H30BrCl2N3O4S. The van der Waals surface area contributed by atoms with Crippen LogP contribution in [0.25, 0.3) is 0 Å². The van der Waals surface area contributed by atoms with Gasteiger partial charge in [-0.25, -0.2) is 8.42 Å². The molecule has 0 saturated carbocycles. The van der Waals surface area contributed by atoms with E-state index in [1.165, 1.54) is 35.2 Å². The van der Waals surface area contributed by atoms with Crippen molar-refractivity contribution in [1.29, 1.82) is 0 Å². The molecule has 1 N–H and O–H groups in total. The summed E-state index contributed by atoms with van der Waals surface area (Å²) in [6.45, 7) is 1.61. The van der Waals surface area contributed by atoms with Crippen molar-refractivity contribution < 1.29 is 18.0 Å². The highest BCUT2D eigenvalue weighted by Gasteiger charge is 2.35. The highest BCUT2D eigenvalue weighted by atomic mass is 79.9. The third-order valence-corrected chi connectivity index (χ3v) is 9.52. The second-order valence-electron chi connectivity index (χ2n) is 9.67. The van der Waals surface area contributed by atoms with Crippen LogP contribution in [0.4, 0.5) is 5.69 Å². The summed E-state index contributed by atoms with van der Waals surface area (Å²) in [5, 5.41) is 3.22. The molecule has 7 nitrogen and oxygen atoms in total. The van der Waals surface area contributed by atoms with Crippen molar-refractivity contribution in [3.63, 3.8) is 0 Å². The molecule has 4 aromatic carbocycles. The Morgan fingerprint density at radius 2 is 1.49 bits per heavy atom. The minimum atomic E-state index is -4.26. The normalized spacial score (nSPS) is 11.9. The third kappa shape index (κ3) is 8.38. The van der Waals surface area contributed by atoms with Gasteiger partial charge < -0.3 is 10.2 Å². The summed E-state index contributed by atoms with van der Waals surface area (Å²) < 4.78 is 29.8. The van der Waals surface area contributed by atoms with E-state index in [9.17, 15) is 18.0 Å². The summed E-state index contributed by atoms with van der Waals surface area (Å²) in [6.07, 6.45) is 0.224. The van der Waals surface area contributed by atoms with Crippen LogP contribution in [0.5, 0.6) is 0 Å². The van der Waals surface area contributed by atoms with Gasteiger partial charge in [0, 0.05) is 29.0 Å². The lowest BCUT2D eigenvalue weighted by molar-refractivity contribution is -0.140. The Hall–Kier alpha value is -3.37. The lowest BCUT2D eigenvalue weighted by atomic mass is 10.0. The number of carbonyl (C=O) groups excluding carboxylic acids is 2. The quantitative estimate of drug-likeness (QED) is 0.178. The number of halogens is 3. The second-order valence-corrected chi connectivity index (χ2v) is 13.3. The molecule has 0 aliphatic heterocycles. The number of amides is 2. The van der Waals surface area contributed by atoms with Crippen molar-refractivity contribution in [3.8, 4) is 0 Å². The van der Waals surface area contributed by atoms with Crippen molar-refractivity contribution in [1.82, 2.24) is 10.2 Å². The molecule has 0 saturated heterocycles. The first kappa shape index (κ1) is 32.5. The van der Waals surface area contributed by atoms with E-state index in [1.54, 1.807) is 25.1 Å². The standard InChI is InChI=1S/C32H30BrCl2N3O4S/c1-2-36-32(40)30(19-23-9-5-3-6-10-23)37(21-24-13-15-25(33)16-14-24)31(39)22-38(29-18-17-26(34)20-28(29)35)43(41,42)27-11-7-4-8-12-27/h3-18,20,30H,2,19,21-22H2,1H3,(H,36,40)/t30-/m1/s1. The predicted molar refractivity (Wildman–Crippen MR) is 175 cm³/mol. The van der Waals surface area contributed by atoms with E-state index < -0.39 is 28.5 Å². The molecule has 0 radical (unpaired) electrons. The van der Waals surface area contributed by atoms with Gasteiger partial charge in [-0.1, -0.05) is 99.8 Å². The molecule has 0 bridgehead atoms. The van der Waals surface area contributed by atoms with Crippen LogP contribution in [0.3, 0.4) is 0 Å². The minimum Gasteiger partial charge on any atom is -0.355 e. The monoisotopic (exact) mass is 701 g/mol. The molecule has 224 valence electrons. The number of nitrogens with one attached hydrogen (secondary N) is 1. The average molecular weight is 703 g/mol. The van der Waals surface area contributed by atoms with Crippen LogP contribution in [0.2, 0.25) is 10.0 Å². The maximum Gasteiger partial charge on any atom is 0.264 e. The molecule has 0 aliphatic rings. The zero-order valence-corrected chi connectivity index (χ0v) is 27.2. The van der Waals surface area contributed by atoms with Gasteiger partial charge in [0.15, 0.2) is 0 Å². The predicted octanol–water partition coefficient (Wildman–Crippen LogP) is 6.73. The highest BCUT2D eigenvalue weighted by molar-refractivity contribution is 9.10. The number of nitrogens with zero attached hydrogens (tertiary/aromatic N) is 2. The fraction of sp³-hybridized carbons (Fsp3) is 0.188. The summed E-state index contributed by atoms with van der Waals surface area (Å²) in [5.41, 5.74) is 1.70. The number of sulfonamides is 1. The molecule has 11 heteroatoms. The number of hydrogen-bond acceptors (Lipinski definition) is 4. The van der Waals surface area contributed by atoms with E-state index in [0.717, 1.165) is 19.9 Å². The lowest BCUT2D eigenvalue weighted by Crippen LogP contribution is -2.53. The van der Waals surface area contributed by atoms with Crippen LogP contribution < -0.4 is 9.62 Å². The molecule has 4 aromatic rings. The van der Waals surface area contributed by atoms with Crippen LogP contribution in [0.15, 0.2) is 112 Å². The Bertz CT molecular complexity index is 1660. The Morgan fingerprint density at radius 3 is 2.09 bits per heavy atom. The summed E-state index contributed by atoms with van der Waals surface area (Å²) in [5.74, 6) is -0.931. The first-order valence-electron chi connectivity index (χ1n) is 13.5. The summed E-state index contributed by atoms with van der Waals surface area (Å²) in [6, 6.07) is 28.0. The molecule has 0 aliphatic carbocycles. The van der Waals surface area contributed by atoms with Crippen molar-refractivity contribution >= 4 is 66.7 Å². The number of carbonyl (C=O) groups is 2. The summed E-state index contributed by atoms with van der Waals surface area (Å²) >= 11 is 16.1. The topological polar surface area (TPSA) is 86.8 Å². The second kappa shape index (κ2) is 14.9. The molecule has 1 atom stereocenters. The summed E-state index contributed by atoms with van der Waals surface area (Å²) in [4.78, 5) is 29.3. The van der Waals surface area contributed by atoms with Gasteiger partial charge >= 0.3 is 0 Å². The fourth-order valence-corrected chi connectivity index (χ4v) is 6.83. The van der Waals surface area contributed by atoms with E-state index in [1.807, 2.05) is 54.6 Å². The van der Waals surface area contributed by atoms with E-state index in [0.29, 0.717) is 11.6 Å². The molecule has 4 rings (SSSR count). The Morgan fingerprint density at radius 1 is 0.860 bits per heavy atom. The number of rotatable bonds is 12. The first-order chi connectivity index (χ1) is 20.6. The van der Waals surface area contributed by atoms with E-state index in [-0.39, 0.29) is 34.5 Å². The lowest BCUT2D eigenvalue weighted by Gasteiger charge is -2.34.